The SMILES string of the molecule is CC1CN(c2nccc(N)n2)CC1C. The van der Waals surface area contributed by atoms with Gasteiger partial charge in [0.25, 0.3) is 0 Å². The predicted octanol–water partition coefficient (Wildman–Crippen LogP) is 1.15. The van der Waals surface area contributed by atoms with Crippen LogP contribution in [0.3, 0.4) is 0 Å². The van der Waals surface area contributed by atoms with Gasteiger partial charge in [-0.05, 0) is 17.9 Å². The lowest BCUT2D eigenvalue weighted by molar-refractivity contribution is 0.494. The molecule has 2 atom stereocenters. The Morgan fingerprint density at radius 2 is 2.00 bits per heavy atom. The van der Waals surface area contributed by atoms with Gasteiger partial charge in [-0.25, -0.2) is 4.98 Å². The molecule has 14 heavy (non-hydrogen) atoms. The summed E-state index contributed by atoms with van der Waals surface area (Å²) in [5.41, 5.74) is 5.62. The van der Waals surface area contributed by atoms with E-state index in [1.807, 2.05) is 0 Å². The van der Waals surface area contributed by atoms with Gasteiger partial charge in [0, 0.05) is 19.3 Å². The van der Waals surface area contributed by atoms with E-state index in [1.165, 1.54) is 0 Å². The number of hydrogen-bond donors (Lipinski definition) is 1. The van der Waals surface area contributed by atoms with E-state index in [1.54, 1.807) is 12.3 Å². The van der Waals surface area contributed by atoms with Crippen LogP contribution in [-0.4, -0.2) is 23.1 Å². The first-order valence-electron chi connectivity index (χ1n) is 5.00. The Hall–Kier alpha value is -1.32. The molecule has 4 nitrogen and oxygen atoms in total. The van der Waals surface area contributed by atoms with Gasteiger partial charge in [-0.1, -0.05) is 13.8 Å². The van der Waals surface area contributed by atoms with E-state index < -0.39 is 0 Å². The summed E-state index contributed by atoms with van der Waals surface area (Å²) in [5.74, 6) is 2.73. The minimum Gasteiger partial charge on any atom is -0.384 e. The van der Waals surface area contributed by atoms with Crippen LogP contribution in [0.15, 0.2) is 12.3 Å². The molecular weight excluding hydrogens is 176 g/mol. The average Bonchev–Trinajstić information content (AvgIpc) is 2.47. The molecule has 4 heteroatoms. The van der Waals surface area contributed by atoms with E-state index >= 15 is 0 Å². The van der Waals surface area contributed by atoms with Gasteiger partial charge in [0.15, 0.2) is 0 Å². The first-order valence-corrected chi connectivity index (χ1v) is 5.00. The molecule has 0 saturated carbocycles. The van der Waals surface area contributed by atoms with Crippen LogP contribution in [0.5, 0.6) is 0 Å². The third-order valence-electron chi connectivity index (χ3n) is 2.94. The van der Waals surface area contributed by atoms with Crippen molar-refractivity contribution < 1.29 is 0 Å². The summed E-state index contributed by atoms with van der Waals surface area (Å²) in [6.07, 6.45) is 1.71. The summed E-state index contributed by atoms with van der Waals surface area (Å²) in [4.78, 5) is 10.6. The number of nitrogens with zero attached hydrogens (tertiary/aromatic N) is 3. The van der Waals surface area contributed by atoms with Crippen LogP contribution < -0.4 is 10.6 Å². The van der Waals surface area contributed by atoms with Crippen LogP contribution in [-0.2, 0) is 0 Å². The molecule has 1 saturated heterocycles. The highest BCUT2D eigenvalue weighted by molar-refractivity contribution is 5.38. The zero-order valence-corrected chi connectivity index (χ0v) is 8.64. The highest BCUT2D eigenvalue weighted by atomic mass is 15.3. The summed E-state index contributed by atoms with van der Waals surface area (Å²) < 4.78 is 0. The van der Waals surface area contributed by atoms with E-state index in [2.05, 4.69) is 28.7 Å². The van der Waals surface area contributed by atoms with Crippen molar-refractivity contribution >= 4 is 11.8 Å². The average molecular weight is 192 g/mol. The lowest BCUT2D eigenvalue weighted by Gasteiger charge is -2.15. The molecule has 0 aromatic carbocycles. The molecule has 2 rings (SSSR count). The number of aromatic nitrogens is 2. The van der Waals surface area contributed by atoms with Crippen molar-refractivity contribution in [1.29, 1.82) is 0 Å². The largest absolute Gasteiger partial charge is 0.384 e. The molecule has 2 N–H and O–H groups in total. The topological polar surface area (TPSA) is 55.0 Å². The number of hydrogen-bond acceptors (Lipinski definition) is 4. The van der Waals surface area contributed by atoms with Crippen LogP contribution in [0.2, 0.25) is 0 Å². The minimum atomic E-state index is 0.544. The number of nitrogen functional groups attached to an aromatic ring is 1. The quantitative estimate of drug-likeness (QED) is 0.725. The van der Waals surface area contributed by atoms with E-state index in [0.29, 0.717) is 17.7 Å². The van der Waals surface area contributed by atoms with E-state index in [0.717, 1.165) is 19.0 Å². The molecule has 0 aliphatic carbocycles. The van der Waals surface area contributed by atoms with Gasteiger partial charge >= 0.3 is 0 Å². The third-order valence-corrected chi connectivity index (χ3v) is 2.94. The van der Waals surface area contributed by atoms with Crippen molar-refractivity contribution in [2.45, 2.75) is 13.8 Å². The number of anilines is 2. The Labute approximate surface area is 84.2 Å². The second-order valence-corrected chi connectivity index (χ2v) is 4.14. The summed E-state index contributed by atoms with van der Waals surface area (Å²) in [6, 6.07) is 1.71. The van der Waals surface area contributed by atoms with Crippen molar-refractivity contribution in [2.24, 2.45) is 11.8 Å². The summed E-state index contributed by atoms with van der Waals surface area (Å²) in [6.45, 7) is 6.59. The Kier molecular flexibility index (Phi) is 2.27. The number of nitrogens with two attached hydrogens (primary N) is 1. The summed E-state index contributed by atoms with van der Waals surface area (Å²) in [5, 5.41) is 0. The first-order chi connectivity index (χ1) is 6.66. The Balaban J connectivity index is 2.17. The van der Waals surface area contributed by atoms with E-state index in [4.69, 9.17) is 5.73 Å². The molecule has 0 bridgehead atoms. The zero-order valence-electron chi connectivity index (χ0n) is 8.64. The monoisotopic (exact) mass is 192 g/mol. The van der Waals surface area contributed by atoms with Crippen LogP contribution in [0.4, 0.5) is 11.8 Å². The molecular formula is C10H16N4. The Bertz CT molecular complexity index is 316. The van der Waals surface area contributed by atoms with Crippen molar-refractivity contribution in [3.8, 4) is 0 Å². The molecule has 0 amide bonds. The van der Waals surface area contributed by atoms with Crippen molar-refractivity contribution in [1.82, 2.24) is 9.97 Å². The van der Waals surface area contributed by atoms with Gasteiger partial charge < -0.3 is 10.6 Å². The van der Waals surface area contributed by atoms with E-state index in [9.17, 15) is 0 Å². The van der Waals surface area contributed by atoms with E-state index in [-0.39, 0.29) is 0 Å². The molecule has 1 aromatic heterocycles. The molecule has 0 spiro atoms. The lowest BCUT2D eigenvalue weighted by Crippen LogP contribution is -2.22. The van der Waals surface area contributed by atoms with Gasteiger partial charge in [0.05, 0.1) is 0 Å². The zero-order chi connectivity index (χ0) is 10.1. The van der Waals surface area contributed by atoms with Crippen molar-refractivity contribution in [3.63, 3.8) is 0 Å². The van der Waals surface area contributed by atoms with Gasteiger partial charge in [0.1, 0.15) is 5.82 Å². The van der Waals surface area contributed by atoms with Gasteiger partial charge in [0.2, 0.25) is 5.95 Å². The van der Waals surface area contributed by atoms with Crippen LogP contribution in [0.1, 0.15) is 13.8 Å². The highest BCUT2D eigenvalue weighted by Gasteiger charge is 2.27. The fourth-order valence-electron chi connectivity index (χ4n) is 1.81. The second kappa shape index (κ2) is 3.44. The van der Waals surface area contributed by atoms with Crippen LogP contribution in [0.25, 0.3) is 0 Å². The van der Waals surface area contributed by atoms with Crippen molar-refractivity contribution in [3.05, 3.63) is 12.3 Å². The maximum absolute atomic E-state index is 5.62. The molecule has 1 aromatic rings. The third kappa shape index (κ3) is 1.64. The molecule has 1 aliphatic rings. The van der Waals surface area contributed by atoms with Gasteiger partial charge in [-0.3, -0.25) is 0 Å². The highest BCUT2D eigenvalue weighted by Crippen LogP contribution is 2.25. The van der Waals surface area contributed by atoms with Gasteiger partial charge in [-0.15, -0.1) is 0 Å². The molecule has 76 valence electrons. The molecule has 2 unspecified atom stereocenters. The van der Waals surface area contributed by atoms with Crippen LogP contribution in [0, 0.1) is 11.8 Å². The molecule has 0 radical (unpaired) electrons. The fourth-order valence-corrected chi connectivity index (χ4v) is 1.81. The molecule has 2 heterocycles. The first kappa shape index (κ1) is 9.24. The smallest absolute Gasteiger partial charge is 0.227 e. The summed E-state index contributed by atoms with van der Waals surface area (Å²) in [7, 11) is 0. The van der Waals surface area contributed by atoms with Crippen molar-refractivity contribution in [2.75, 3.05) is 23.7 Å². The molecule has 1 aliphatic heterocycles. The van der Waals surface area contributed by atoms with Crippen LogP contribution >= 0.6 is 0 Å². The Morgan fingerprint density at radius 3 is 2.57 bits per heavy atom. The standard InChI is InChI=1S/C10H16N4/c1-7-5-14(6-8(7)2)10-12-4-3-9(11)13-10/h3-4,7-8H,5-6H2,1-2H3,(H2,11,12,13). The predicted molar refractivity (Wildman–Crippen MR) is 57.0 cm³/mol. The maximum atomic E-state index is 5.62. The molecule has 1 fully saturated rings. The van der Waals surface area contributed by atoms with Gasteiger partial charge in [-0.2, -0.15) is 4.98 Å². The fraction of sp³-hybridized carbons (Fsp3) is 0.600. The second-order valence-electron chi connectivity index (χ2n) is 4.14. The number of rotatable bonds is 1. The maximum Gasteiger partial charge on any atom is 0.227 e. The normalized spacial score (nSPS) is 26.9. The minimum absolute atomic E-state index is 0.544. The summed E-state index contributed by atoms with van der Waals surface area (Å²) >= 11 is 0. The lowest BCUT2D eigenvalue weighted by atomic mass is 10.0. The Morgan fingerprint density at radius 1 is 1.36 bits per heavy atom.